The van der Waals surface area contributed by atoms with Crippen molar-refractivity contribution >= 4 is 40.5 Å². The molecular weight excluding hydrogens is 328 g/mol. The zero-order valence-corrected chi connectivity index (χ0v) is 14.0. The Morgan fingerprint density at radius 2 is 2.21 bits per heavy atom. The smallest absolute Gasteiger partial charge is 0.277 e. The van der Waals surface area contributed by atoms with Crippen molar-refractivity contribution in [1.82, 2.24) is 14.9 Å². The van der Waals surface area contributed by atoms with Crippen molar-refractivity contribution in [1.29, 1.82) is 0 Å². The van der Waals surface area contributed by atoms with Gasteiger partial charge in [-0.15, -0.1) is 0 Å². The lowest BCUT2D eigenvalue weighted by Crippen LogP contribution is -2.35. The number of fused-ring (bicyclic) bond motifs is 1. The molecule has 0 bridgehead atoms. The first kappa shape index (κ1) is 15.4. The zero-order valence-electron chi connectivity index (χ0n) is 13.3. The number of carbonyl (C=O) groups is 1. The standard InChI is InChI=1S/C17H17ClN4O2/c1-22-16(10-2-4-24-5-3-10)21-14(17(22)23)6-11-8-19-15-13(11)7-12(18)9-20-15/h6-10H,2-5H2,1H3,(H,19,20)/b14-6-. The molecule has 1 amide bonds. The largest absolute Gasteiger partial charge is 0.381 e. The number of hydrogen-bond acceptors (Lipinski definition) is 4. The van der Waals surface area contributed by atoms with E-state index in [2.05, 4.69) is 15.0 Å². The van der Waals surface area contributed by atoms with E-state index >= 15 is 0 Å². The molecule has 124 valence electrons. The summed E-state index contributed by atoms with van der Waals surface area (Å²) in [7, 11) is 1.78. The topological polar surface area (TPSA) is 70.6 Å². The number of likely N-dealkylation sites (N-methyl/N-ethyl adjacent to an activating group) is 1. The van der Waals surface area contributed by atoms with E-state index in [9.17, 15) is 4.79 Å². The fourth-order valence-corrected chi connectivity index (χ4v) is 3.36. The third-order valence-corrected chi connectivity index (χ3v) is 4.72. The van der Waals surface area contributed by atoms with Crippen molar-refractivity contribution in [3.05, 3.63) is 34.7 Å². The number of aromatic nitrogens is 2. The Labute approximate surface area is 144 Å². The lowest BCUT2D eigenvalue weighted by atomic mass is 9.98. The van der Waals surface area contributed by atoms with Crippen LogP contribution in [0.15, 0.2) is 29.1 Å². The van der Waals surface area contributed by atoms with Gasteiger partial charge in [0.1, 0.15) is 17.2 Å². The second-order valence-corrected chi connectivity index (χ2v) is 6.48. The summed E-state index contributed by atoms with van der Waals surface area (Å²) in [6, 6.07) is 1.83. The predicted octanol–water partition coefficient (Wildman–Crippen LogP) is 2.85. The van der Waals surface area contributed by atoms with Crippen LogP contribution in [0.1, 0.15) is 18.4 Å². The number of nitrogens with one attached hydrogen (secondary N) is 1. The van der Waals surface area contributed by atoms with Crippen LogP contribution in [-0.4, -0.2) is 46.9 Å². The van der Waals surface area contributed by atoms with Crippen molar-refractivity contribution in [3.63, 3.8) is 0 Å². The number of aromatic amines is 1. The van der Waals surface area contributed by atoms with Crippen molar-refractivity contribution in [2.24, 2.45) is 10.9 Å². The fourth-order valence-electron chi connectivity index (χ4n) is 3.20. The summed E-state index contributed by atoms with van der Waals surface area (Å²) in [5, 5.41) is 1.43. The normalized spacial score (nSPS) is 21.1. The van der Waals surface area contributed by atoms with Crippen molar-refractivity contribution in [2.75, 3.05) is 20.3 Å². The van der Waals surface area contributed by atoms with Gasteiger partial charge in [0.15, 0.2) is 0 Å². The van der Waals surface area contributed by atoms with Gasteiger partial charge in [-0.05, 0) is 25.0 Å². The first-order valence-corrected chi connectivity index (χ1v) is 8.30. The Bertz CT molecular complexity index is 865. The van der Waals surface area contributed by atoms with Gasteiger partial charge in [-0.25, -0.2) is 9.98 Å². The number of halogens is 1. The minimum atomic E-state index is -0.0826. The minimum absolute atomic E-state index is 0.0826. The number of pyridine rings is 1. The number of amides is 1. The van der Waals surface area contributed by atoms with Crippen LogP contribution in [0.3, 0.4) is 0 Å². The number of hydrogen-bond donors (Lipinski definition) is 1. The maximum Gasteiger partial charge on any atom is 0.277 e. The van der Waals surface area contributed by atoms with Crippen LogP contribution < -0.4 is 0 Å². The van der Waals surface area contributed by atoms with Crippen LogP contribution >= 0.6 is 11.6 Å². The Morgan fingerprint density at radius 3 is 3.00 bits per heavy atom. The van der Waals surface area contributed by atoms with E-state index in [4.69, 9.17) is 16.3 Å². The van der Waals surface area contributed by atoms with E-state index in [1.807, 2.05) is 12.3 Å². The second kappa shape index (κ2) is 6.03. The van der Waals surface area contributed by atoms with Gasteiger partial charge in [0.05, 0.1) is 5.02 Å². The predicted molar refractivity (Wildman–Crippen MR) is 92.8 cm³/mol. The summed E-state index contributed by atoms with van der Waals surface area (Å²) >= 11 is 6.03. The van der Waals surface area contributed by atoms with Crippen LogP contribution in [-0.2, 0) is 9.53 Å². The van der Waals surface area contributed by atoms with Gasteiger partial charge < -0.3 is 9.72 Å². The molecule has 0 aliphatic carbocycles. The molecule has 1 saturated heterocycles. The average molecular weight is 345 g/mol. The molecule has 0 spiro atoms. The van der Waals surface area contributed by atoms with E-state index in [1.54, 1.807) is 24.2 Å². The monoisotopic (exact) mass is 344 g/mol. The first-order valence-electron chi connectivity index (χ1n) is 7.92. The van der Waals surface area contributed by atoms with E-state index in [0.717, 1.165) is 48.5 Å². The highest BCUT2D eigenvalue weighted by Gasteiger charge is 2.33. The first-order chi connectivity index (χ1) is 11.6. The summed E-state index contributed by atoms with van der Waals surface area (Å²) in [6.07, 6.45) is 7.00. The molecule has 4 rings (SSSR count). The number of carbonyl (C=O) groups excluding carboxylic acids is 1. The highest BCUT2D eigenvalue weighted by atomic mass is 35.5. The minimum Gasteiger partial charge on any atom is -0.381 e. The maximum atomic E-state index is 12.5. The summed E-state index contributed by atoms with van der Waals surface area (Å²) in [5.74, 6) is 1.03. The molecule has 6 nitrogen and oxygen atoms in total. The van der Waals surface area contributed by atoms with Gasteiger partial charge in [-0.1, -0.05) is 11.6 Å². The lowest BCUT2D eigenvalue weighted by molar-refractivity contribution is -0.121. The van der Waals surface area contributed by atoms with Crippen LogP contribution in [0.4, 0.5) is 0 Å². The van der Waals surface area contributed by atoms with Gasteiger partial charge in [0.2, 0.25) is 0 Å². The van der Waals surface area contributed by atoms with Crippen molar-refractivity contribution in [3.8, 4) is 0 Å². The van der Waals surface area contributed by atoms with Crippen molar-refractivity contribution in [2.45, 2.75) is 12.8 Å². The molecule has 0 radical (unpaired) electrons. The summed E-state index contributed by atoms with van der Waals surface area (Å²) in [6.45, 7) is 1.44. The Hall–Kier alpha value is -2.18. The van der Waals surface area contributed by atoms with Crippen molar-refractivity contribution < 1.29 is 9.53 Å². The van der Waals surface area contributed by atoms with E-state index in [1.165, 1.54) is 0 Å². The third-order valence-electron chi connectivity index (χ3n) is 4.51. The molecule has 2 aliphatic rings. The molecular formula is C17H17ClN4O2. The zero-order chi connectivity index (χ0) is 16.7. The van der Waals surface area contributed by atoms with Gasteiger partial charge in [0.25, 0.3) is 5.91 Å². The molecule has 2 aromatic rings. The number of aliphatic imine (C=N–C) groups is 1. The highest BCUT2D eigenvalue weighted by molar-refractivity contribution is 6.31. The SMILES string of the molecule is CN1C(=O)/C(=C/c2c[nH]c3ncc(Cl)cc23)N=C1C1CCOCC1. The summed E-state index contributed by atoms with van der Waals surface area (Å²) < 4.78 is 5.40. The van der Waals surface area contributed by atoms with Gasteiger partial charge in [-0.2, -0.15) is 0 Å². The molecule has 0 atom stereocenters. The molecule has 4 heterocycles. The van der Waals surface area contributed by atoms with Crippen LogP contribution in [0.5, 0.6) is 0 Å². The molecule has 1 N–H and O–H groups in total. The molecule has 1 fully saturated rings. The van der Waals surface area contributed by atoms with E-state index in [0.29, 0.717) is 10.7 Å². The summed E-state index contributed by atoms with van der Waals surface area (Å²) in [4.78, 5) is 26.1. The lowest BCUT2D eigenvalue weighted by Gasteiger charge is -2.25. The molecule has 0 saturated carbocycles. The third kappa shape index (κ3) is 2.61. The Balaban J connectivity index is 1.71. The van der Waals surface area contributed by atoms with Gasteiger partial charge >= 0.3 is 0 Å². The second-order valence-electron chi connectivity index (χ2n) is 6.04. The average Bonchev–Trinajstić information content (AvgIpc) is 3.12. The number of H-pyrrole nitrogens is 1. The molecule has 7 heteroatoms. The van der Waals surface area contributed by atoms with Gasteiger partial charge in [-0.3, -0.25) is 9.69 Å². The Morgan fingerprint density at radius 1 is 1.42 bits per heavy atom. The molecule has 2 aliphatic heterocycles. The molecule has 0 aromatic carbocycles. The van der Waals surface area contributed by atoms with Gasteiger partial charge in [0, 0.05) is 49.5 Å². The molecule has 0 unspecified atom stereocenters. The van der Waals surface area contributed by atoms with Crippen LogP contribution in [0, 0.1) is 5.92 Å². The van der Waals surface area contributed by atoms with Crippen LogP contribution in [0.25, 0.3) is 17.1 Å². The van der Waals surface area contributed by atoms with E-state index in [-0.39, 0.29) is 11.8 Å². The number of amidine groups is 1. The molecule has 2 aromatic heterocycles. The summed E-state index contributed by atoms with van der Waals surface area (Å²) in [5.41, 5.74) is 2.03. The number of ether oxygens (including phenoxy) is 1. The molecule has 24 heavy (non-hydrogen) atoms. The highest BCUT2D eigenvalue weighted by Crippen LogP contribution is 2.28. The maximum absolute atomic E-state index is 12.5. The van der Waals surface area contributed by atoms with Crippen LogP contribution in [0.2, 0.25) is 5.02 Å². The Kier molecular flexibility index (Phi) is 3.86. The fraction of sp³-hybridized carbons (Fsp3) is 0.353. The number of nitrogens with zero attached hydrogens (tertiary/aromatic N) is 3. The quantitative estimate of drug-likeness (QED) is 0.851. The number of rotatable bonds is 2. The van der Waals surface area contributed by atoms with E-state index < -0.39 is 0 Å².